The highest BCUT2D eigenvalue weighted by molar-refractivity contribution is 7.98. The Labute approximate surface area is 131 Å². The van der Waals surface area contributed by atoms with Gasteiger partial charge in [-0.15, -0.1) is 0 Å². The summed E-state index contributed by atoms with van der Waals surface area (Å²) in [7, 11) is 2.31. The van der Waals surface area contributed by atoms with Crippen LogP contribution in [0.15, 0.2) is 0 Å². The molecular weight excluding hydrogens is 264 g/mol. The minimum Gasteiger partial charge on any atom is -0.329 e. The molecule has 1 saturated carbocycles. The van der Waals surface area contributed by atoms with Crippen LogP contribution in [0, 0.1) is 10.8 Å². The zero-order valence-electron chi connectivity index (χ0n) is 14.8. The van der Waals surface area contributed by atoms with E-state index in [1.54, 1.807) is 0 Å². The molecule has 2 N–H and O–H groups in total. The Bertz CT molecular complexity index is 296. The van der Waals surface area contributed by atoms with Crippen molar-refractivity contribution in [3.8, 4) is 0 Å². The summed E-state index contributed by atoms with van der Waals surface area (Å²) in [5, 5.41) is 0. The lowest BCUT2D eigenvalue weighted by molar-refractivity contribution is -0.0467. The van der Waals surface area contributed by atoms with Crippen LogP contribution < -0.4 is 5.73 Å². The van der Waals surface area contributed by atoms with Crippen molar-refractivity contribution in [3.05, 3.63) is 0 Å². The Morgan fingerprint density at radius 1 is 1.10 bits per heavy atom. The molecular formula is C17H36N2S. The molecule has 0 amide bonds. The van der Waals surface area contributed by atoms with Gasteiger partial charge in [0.25, 0.3) is 0 Å². The highest BCUT2D eigenvalue weighted by atomic mass is 32.2. The van der Waals surface area contributed by atoms with Crippen LogP contribution in [0.25, 0.3) is 0 Å². The van der Waals surface area contributed by atoms with Crippen molar-refractivity contribution in [1.29, 1.82) is 0 Å². The van der Waals surface area contributed by atoms with Crippen molar-refractivity contribution in [2.75, 3.05) is 25.6 Å². The molecule has 0 aliphatic heterocycles. The first-order chi connectivity index (χ1) is 9.11. The number of nitrogens with zero attached hydrogens (tertiary/aromatic N) is 1. The van der Waals surface area contributed by atoms with E-state index < -0.39 is 0 Å². The molecule has 120 valence electrons. The molecule has 1 aliphatic rings. The fourth-order valence-corrected chi connectivity index (χ4v) is 5.73. The molecule has 1 atom stereocenters. The number of rotatable bonds is 6. The van der Waals surface area contributed by atoms with E-state index >= 15 is 0 Å². The maximum absolute atomic E-state index is 6.32. The summed E-state index contributed by atoms with van der Waals surface area (Å²) in [4.78, 5) is 2.63. The summed E-state index contributed by atoms with van der Waals surface area (Å²) < 4.78 is 0. The van der Waals surface area contributed by atoms with Gasteiger partial charge in [-0.1, -0.05) is 34.6 Å². The second-order valence-electron chi connectivity index (χ2n) is 8.42. The first-order valence-corrected chi connectivity index (χ1v) is 9.43. The molecule has 0 aromatic rings. The molecule has 1 unspecified atom stereocenters. The minimum atomic E-state index is 0.168. The molecule has 0 radical (unpaired) electrons. The topological polar surface area (TPSA) is 29.3 Å². The number of nitrogens with two attached hydrogens (primary N) is 1. The predicted molar refractivity (Wildman–Crippen MR) is 93.4 cm³/mol. The van der Waals surface area contributed by atoms with Crippen LogP contribution in [-0.4, -0.2) is 42.1 Å². The quantitative estimate of drug-likeness (QED) is 0.804. The molecule has 0 aromatic carbocycles. The minimum absolute atomic E-state index is 0.168. The molecule has 1 rings (SSSR count). The van der Waals surface area contributed by atoms with Gasteiger partial charge in [-0.25, -0.2) is 0 Å². The van der Waals surface area contributed by atoms with E-state index in [2.05, 4.69) is 52.8 Å². The second-order valence-corrected chi connectivity index (χ2v) is 9.33. The summed E-state index contributed by atoms with van der Waals surface area (Å²) in [6.07, 6.45) is 7.16. The normalized spacial score (nSPS) is 25.6. The van der Waals surface area contributed by atoms with E-state index in [0.717, 1.165) is 6.54 Å². The van der Waals surface area contributed by atoms with Crippen LogP contribution in [-0.2, 0) is 0 Å². The first-order valence-electron chi connectivity index (χ1n) is 8.03. The van der Waals surface area contributed by atoms with Gasteiger partial charge in [0.1, 0.15) is 0 Å². The van der Waals surface area contributed by atoms with E-state index in [4.69, 9.17) is 5.73 Å². The molecule has 0 bridgehead atoms. The Hall–Kier alpha value is 0.270. The Kier molecular flexibility index (Phi) is 6.03. The average Bonchev–Trinajstić information content (AvgIpc) is 2.31. The summed E-state index contributed by atoms with van der Waals surface area (Å²) in [5.74, 6) is 1.20. The Balaban J connectivity index is 3.05. The maximum Gasteiger partial charge on any atom is 0.0342 e. The van der Waals surface area contributed by atoms with Crippen molar-refractivity contribution in [2.24, 2.45) is 16.6 Å². The third-order valence-electron chi connectivity index (χ3n) is 5.08. The molecule has 1 aliphatic carbocycles. The van der Waals surface area contributed by atoms with Crippen LogP contribution in [0.5, 0.6) is 0 Å². The molecule has 20 heavy (non-hydrogen) atoms. The fraction of sp³-hybridized carbons (Fsp3) is 1.00. The standard InChI is InChI=1S/C17H36N2S/c1-8-14(9-20-7)19(6)17(13-18)11-15(2,3)10-16(4,5)12-17/h14H,8-13,18H2,1-7H3. The van der Waals surface area contributed by atoms with Gasteiger partial charge in [0.05, 0.1) is 0 Å². The van der Waals surface area contributed by atoms with Crippen molar-refractivity contribution in [2.45, 2.75) is 71.9 Å². The lowest BCUT2D eigenvalue weighted by Crippen LogP contribution is -2.62. The summed E-state index contributed by atoms with van der Waals surface area (Å²) in [5.41, 5.74) is 7.25. The van der Waals surface area contributed by atoms with E-state index in [1.807, 2.05) is 11.8 Å². The van der Waals surface area contributed by atoms with Gasteiger partial charge in [0.15, 0.2) is 0 Å². The van der Waals surface area contributed by atoms with Gasteiger partial charge in [-0.2, -0.15) is 11.8 Å². The first kappa shape index (κ1) is 18.3. The highest BCUT2D eigenvalue weighted by Gasteiger charge is 2.49. The number of hydrogen-bond donors (Lipinski definition) is 1. The molecule has 0 heterocycles. The van der Waals surface area contributed by atoms with E-state index in [9.17, 15) is 0 Å². The SMILES string of the molecule is CCC(CSC)N(C)C1(CN)CC(C)(C)CC(C)(C)C1. The van der Waals surface area contributed by atoms with E-state index in [-0.39, 0.29) is 5.54 Å². The van der Waals surface area contributed by atoms with Crippen molar-refractivity contribution < 1.29 is 0 Å². The van der Waals surface area contributed by atoms with Gasteiger partial charge in [0, 0.05) is 23.9 Å². The molecule has 1 fully saturated rings. The molecule has 0 saturated heterocycles. The molecule has 2 nitrogen and oxygen atoms in total. The highest BCUT2D eigenvalue weighted by Crippen LogP contribution is 2.52. The largest absolute Gasteiger partial charge is 0.329 e. The summed E-state index contributed by atoms with van der Waals surface area (Å²) >= 11 is 1.95. The maximum atomic E-state index is 6.32. The Morgan fingerprint density at radius 3 is 1.95 bits per heavy atom. The van der Waals surface area contributed by atoms with Gasteiger partial charge < -0.3 is 5.73 Å². The fourth-order valence-electron chi connectivity index (χ4n) is 4.89. The monoisotopic (exact) mass is 300 g/mol. The van der Waals surface area contributed by atoms with E-state index in [1.165, 1.54) is 31.4 Å². The van der Waals surface area contributed by atoms with Crippen molar-refractivity contribution in [3.63, 3.8) is 0 Å². The Morgan fingerprint density at radius 2 is 1.60 bits per heavy atom. The third-order valence-corrected chi connectivity index (χ3v) is 5.80. The smallest absolute Gasteiger partial charge is 0.0342 e. The van der Waals surface area contributed by atoms with Crippen LogP contribution in [0.2, 0.25) is 0 Å². The van der Waals surface area contributed by atoms with Crippen molar-refractivity contribution >= 4 is 11.8 Å². The molecule has 0 spiro atoms. The number of hydrogen-bond acceptors (Lipinski definition) is 3. The van der Waals surface area contributed by atoms with Gasteiger partial charge in [-0.05, 0) is 49.8 Å². The van der Waals surface area contributed by atoms with Crippen LogP contribution >= 0.6 is 11.8 Å². The number of likely N-dealkylation sites (N-methyl/N-ethyl adjacent to an activating group) is 1. The van der Waals surface area contributed by atoms with Gasteiger partial charge >= 0.3 is 0 Å². The third kappa shape index (κ3) is 4.14. The van der Waals surface area contributed by atoms with Crippen molar-refractivity contribution in [1.82, 2.24) is 4.90 Å². The lowest BCUT2D eigenvalue weighted by Gasteiger charge is -2.57. The summed E-state index contributed by atoms with van der Waals surface area (Å²) in [6, 6.07) is 0.637. The van der Waals surface area contributed by atoms with Gasteiger partial charge in [0.2, 0.25) is 0 Å². The average molecular weight is 301 g/mol. The molecule has 0 aromatic heterocycles. The second kappa shape index (κ2) is 6.58. The predicted octanol–water partition coefficient (Wildman–Crippen LogP) is 3.99. The van der Waals surface area contributed by atoms with Crippen LogP contribution in [0.4, 0.5) is 0 Å². The van der Waals surface area contributed by atoms with Gasteiger partial charge in [-0.3, -0.25) is 4.90 Å². The zero-order valence-corrected chi connectivity index (χ0v) is 15.6. The molecule has 3 heteroatoms. The zero-order chi connectivity index (χ0) is 15.6. The van der Waals surface area contributed by atoms with Crippen LogP contribution in [0.3, 0.4) is 0 Å². The number of thioether (sulfide) groups is 1. The van der Waals surface area contributed by atoms with Crippen LogP contribution in [0.1, 0.15) is 60.3 Å². The summed E-state index contributed by atoms with van der Waals surface area (Å²) in [6.45, 7) is 12.8. The lowest BCUT2D eigenvalue weighted by atomic mass is 9.57. The van der Waals surface area contributed by atoms with E-state index in [0.29, 0.717) is 16.9 Å².